The lowest BCUT2D eigenvalue weighted by Gasteiger charge is -2.19. The monoisotopic (exact) mass is 427 g/mol. The molecule has 1 saturated heterocycles. The standard InChI is InChI=1S/C24H25N7O/c1-16-11-18(13-25-22(16)30-8-2-3-9-30)20-14-27-24(31-15-28-29-23(20)31)26-12-17-5-4-6-21-19(17)7-10-32-21/h4-6,11,13-15H,2-3,7-10,12H2,1H3,(H,26,27). The number of fused-ring (bicyclic) bond motifs is 2. The summed E-state index contributed by atoms with van der Waals surface area (Å²) in [6, 6.07) is 8.37. The summed E-state index contributed by atoms with van der Waals surface area (Å²) in [4.78, 5) is 11.8. The maximum absolute atomic E-state index is 5.69. The Balaban J connectivity index is 1.29. The van der Waals surface area contributed by atoms with Crippen LogP contribution in [-0.2, 0) is 13.0 Å². The Morgan fingerprint density at radius 3 is 2.91 bits per heavy atom. The van der Waals surface area contributed by atoms with Crippen LogP contribution in [0, 0.1) is 6.92 Å². The van der Waals surface area contributed by atoms with Crippen LogP contribution in [0.15, 0.2) is 43.0 Å². The number of pyridine rings is 1. The second-order valence-corrected chi connectivity index (χ2v) is 8.42. The second kappa shape index (κ2) is 7.78. The van der Waals surface area contributed by atoms with Crippen LogP contribution in [-0.4, -0.2) is 44.3 Å². The van der Waals surface area contributed by atoms with Gasteiger partial charge in [-0.05, 0) is 43.0 Å². The van der Waals surface area contributed by atoms with Gasteiger partial charge in [0.2, 0.25) is 5.95 Å². The molecule has 2 aliphatic rings. The topological polar surface area (TPSA) is 80.5 Å². The van der Waals surface area contributed by atoms with Gasteiger partial charge >= 0.3 is 0 Å². The highest BCUT2D eigenvalue weighted by molar-refractivity contribution is 5.78. The molecular weight excluding hydrogens is 402 g/mol. The number of hydrogen-bond donors (Lipinski definition) is 1. The number of aryl methyl sites for hydroxylation is 1. The third kappa shape index (κ3) is 3.23. The summed E-state index contributed by atoms with van der Waals surface area (Å²) in [6.07, 6.45) is 8.90. The molecule has 162 valence electrons. The van der Waals surface area contributed by atoms with E-state index in [1.165, 1.54) is 29.5 Å². The molecule has 0 radical (unpaired) electrons. The number of nitrogens with zero attached hydrogens (tertiary/aromatic N) is 6. The number of aromatic nitrogens is 5. The van der Waals surface area contributed by atoms with Gasteiger partial charge in [0.1, 0.15) is 17.9 Å². The quantitative estimate of drug-likeness (QED) is 0.521. The molecule has 6 rings (SSSR count). The first-order valence-electron chi connectivity index (χ1n) is 11.2. The molecule has 0 spiro atoms. The second-order valence-electron chi connectivity index (χ2n) is 8.42. The molecule has 3 aromatic heterocycles. The van der Waals surface area contributed by atoms with Crippen LogP contribution >= 0.6 is 0 Å². The summed E-state index contributed by atoms with van der Waals surface area (Å²) in [6.45, 7) is 5.70. The Morgan fingerprint density at radius 2 is 2.03 bits per heavy atom. The Bertz CT molecular complexity index is 1290. The van der Waals surface area contributed by atoms with Crippen LogP contribution in [0.3, 0.4) is 0 Å². The molecule has 8 heteroatoms. The molecule has 1 aromatic carbocycles. The van der Waals surface area contributed by atoms with Crippen molar-refractivity contribution in [2.24, 2.45) is 0 Å². The summed E-state index contributed by atoms with van der Waals surface area (Å²) in [5.74, 6) is 2.78. The first kappa shape index (κ1) is 19.0. The van der Waals surface area contributed by atoms with E-state index in [1.807, 2.05) is 28.9 Å². The number of anilines is 2. The zero-order valence-electron chi connectivity index (χ0n) is 18.1. The molecule has 1 N–H and O–H groups in total. The fourth-order valence-corrected chi connectivity index (χ4v) is 4.76. The van der Waals surface area contributed by atoms with E-state index >= 15 is 0 Å². The van der Waals surface area contributed by atoms with Crippen molar-refractivity contribution in [3.63, 3.8) is 0 Å². The SMILES string of the molecule is Cc1cc(-c2cnc(NCc3cccc4c3CCO4)n3cnnc23)cnc1N1CCCC1. The lowest BCUT2D eigenvalue weighted by atomic mass is 10.1. The number of nitrogens with one attached hydrogen (secondary N) is 1. The number of hydrogen-bond acceptors (Lipinski definition) is 7. The molecule has 0 bridgehead atoms. The molecular formula is C24H25N7O. The largest absolute Gasteiger partial charge is 0.493 e. The van der Waals surface area contributed by atoms with E-state index in [4.69, 9.17) is 14.7 Å². The van der Waals surface area contributed by atoms with Gasteiger partial charge in [0.05, 0.1) is 6.61 Å². The molecule has 4 aromatic rings. The fraction of sp³-hybridized carbons (Fsp3) is 0.333. The van der Waals surface area contributed by atoms with Gasteiger partial charge in [-0.15, -0.1) is 10.2 Å². The van der Waals surface area contributed by atoms with Gasteiger partial charge in [-0.2, -0.15) is 0 Å². The minimum atomic E-state index is 0.664. The van der Waals surface area contributed by atoms with Crippen molar-refractivity contribution in [3.05, 3.63) is 59.7 Å². The number of ether oxygens (including phenoxy) is 1. The Labute approximate surface area is 186 Å². The summed E-state index contributed by atoms with van der Waals surface area (Å²) in [5.41, 5.74) is 6.36. The third-order valence-electron chi connectivity index (χ3n) is 6.38. The average molecular weight is 428 g/mol. The van der Waals surface area contributed by atoms with E-state index < -0.39 is 0 Å². The van der Waals surface area contributed by atoms with Crippen molar-refractivity contribution in [2.45, 2.75) is 32.7 Å². The van der Waals surface area contributed by atoms with Crippen molar-refractivity contribution >= 4 is 17.4 Å². The molecule has 1 fully saturated rings. The van der Waals surface area contributed by atoms with Gasteiger partial charge in [-0.1, -0.05) is 12.1 Å². The molecule has 0 atom stereocenters. The molecule has 0 saturated carbocycles. The van der Waals surface area contributed by atoms with Crippen LogP contribution in [0.2, 0.25) is 0 Å². The van der Waals surface area contributed by atoms with Gasteiger partial charge in [0.15, 0.2) is 5.65 Å². The van der Waals surface area contributed by atoms with Crippen LogP contribution < -0.4 is 15.0 Å². The zero-order chi connectivity index (χ0) is 21.5. The van der Waals surface area contributed by atoms with Gasteiger partial charge < -0.3 is 15.0 Å². The Hall–Kier alpha value is -3.68. The highest BCUT2D eigenvalue weighted by Gasteiger charge is 2.19. The van der Waals surface area contributed by atoms with Crippen molar-refractivity contribution in [1.82, 2.24) is 24.6 Å². The van der Waals surface area contributed by atoms with E-state index in [9.17, 15) is 0 Å². The zero-order valence-corrected chi connectivity index (χ0v) is 18.1. The van der Waals surface area contributed by atoms with Crippen LogP contribution in [0.1, 0.15) is 29.5 Å². The number of benzene rings is 1. The van der Waals surface area contributed by atoms with Gasteiger partial charge in [0.25, 0.3) is 0 Å². The molecule has 0 amide bonds. The summed E-state index contributed by atoms with van der Waals surface area (Å²) in [5, 5.41) is 12.0. The van der Waals surface area contributed by atoms with E-state index in [-0.39, 0.29) is 0 Å². The lowest BCUT2D eigenvalue weighted by Crippen LogP contribution is -2.20. The molecule has 8 nitrogen and oxygen atoms in total. The number of rotatable bonds is 5. The van der Waals surface area contributed by atoms with Crippen LogP contribution in [0.4, 0.5) is 11.8 Å². The van der Waals surface area contributed by atoms with Crippen molar-refractivity contribution < 1.29 is 4.74 Å². The first-order chi connectivity index (χ1) is 15.8. The normalized spacial score (nSPS) is 15.2. The third-order valence-corrected chi connectivity index (χ3v) is 6.38. The summed E-state index contributed by atoms with van der Waals surface area (Å²) in [7, 11) is 0. The fourth-order valence-electron chi connectivity index (χ4n) is 4.76. The van der Waals surface area contributed by atoms with Gasteiger partial charge in [0, 0.05) is 55.1 Å². The molecule has 5 heterocycles. The van der Waals surface area contributed by atoms with E-state index in [0.717, 1.165) is 54.5 Å². The van der Waals surface area contributed by atoms with Gasteiger partial charge in [-0.3, -0.25) is 4.40 Å². The molecule has 32 heavy (non-hydrogen) atoms. The minimum absolute atomic E-state index is 0.664. The van der Waals surface area contributed by atoms with Crippen molar-refractivity contribution in [3.8, 4) is 16.9 Å². The van der Waals surface area contributed by atoms with Crippen LogP contribution in [0.25, 0.3) is 16.8 Å². The highest BCUT2D eigenvalue weighted by Crippen LogP contribution is 2.30. The molecule has 2 aliphatic heterocycles. The first-order valence-corrected chi connectivity index (χ1v) is 11.2. The van der Waals surface area contributed by atoms with E-state index in [1.54, 1.807) is 6.33 Å². The Kier molecular flexibility index (Phi) is 4.63. The van der Waals surface area contributed by atoms with E-state index in [2.05, 4.69) is 39.5 Å². The summed E-state index contributed by atoms with van der Waals surface area (Å²) < 4.78 is 7.59. The van der Waals surface area contributed by atoms with Crippen LogP contribution in [0.5, 0.6) is 5.75 Å². The predicted octanol–water partition coefficient (Wildman–Crippen LogP) is 3.64. The molecule has 0 unspecified atom stereocenters. The average Bonchev–Trinajstić information content (AvgIpc) is 3.59. The maximum Gasteiger partial charge on any atom is 0.210 e. The van der Waals surface area contributed by atoms with Gasteiger partial charge in [-0.25, -0.2) is 9.97 Å². The predicted molar refractivity (Wildman–Crippen MR) is 123 cm³/mol. The summed E-state index contributed by atoms with van der Waals surface area (Å²) >= 11 is 0. The minimum Gasteiger partial charge on any atom is -0.493 e. The highest BCUT2D eigenvalue weighted by atomic mass is 16.5. The lowest BCUT2D eigenvalue weighted by molar-refractivity contribution is 0.357. The van der Waals surface area contributed by atoms with Crippen molar-refractivity contribution in [1.29, 1.82) is 0 Å². The molecule has 0 aliphatic carbocycles. The Morgan fingerprint density at radius 1 is 1.12 bits per heavy atom. The smallest absolute Gasteiger partial charge is 0.210 e. The van der Waals surface area contributed by atoms with Crippen molar-refractivity contribution in [2.75, 3.05) is 29.9 Å². The maximum atomic E-state index is 5.69. The van der Waals surface area contributed by atoms with E-state index in [0.29, 0.717) is 12.5 Å².